The second-order valence-electron chi connectivity index (χ2n) is 7.75. The van der Waals surface area contributed by atoms with Crippen LogP contribution < -0.4 is 15.1 Å². The Kier molecular flexibility index (Phi) is 5.82. The van der Waals surface area contributed by atoms with Crippen molar-refractivity contribution in [1.82, 2.24) is 10.4 Å². The summed E-state index contributed by atoms with van der Waals surface area (Å²) in [4.78, 5) is 26.9. The highest BCUT2D eigenvalue weighted by Gasteiger charge is 2.39. The van der Waals surface area contributed by atoms with E-state index < -0.39 is 11.7 Å². The predicted octanol–water partition coefficient (Wildman–Crippen LogP) is 5.31. The number of hydrogen-bond acceptors (Lipinski definition) is 5. The van der Waals surface area contributed by atoms with Crippen molar-refractivity contribution in [1.29, 1.82) is 0 Å². The number of nitrogens with zero attached hydrogens (tertiary/aromatic N) is 2. The van der Waals surface area contributed by atoms with Gasteiger partial charge in [0.05, 0.1) is 36.8 Å². The van der Waals surface area contributed by atoms with Crippen LogP contribution in [0.5, 0.6) is 5.75 Å². The van der Waals surface area contributed by atoms with Gasteiger partial charge < -0.3 is 10.2 Å². The molecule has 166 valence electrons. The van der Waals surface area contributed by atoms with E-state index in [9.17, 15) is 9.59 Å². The lowest BCUT2D eigenvalue weighted by Crippen LogP contribution is -2.45. The van der Waals surface area contributed by atoms with Crippen LogP contribution in [0.2, 0.25) is 0 Å². The molecule has 3 aromatic rings. The molecule has 33 heavy (non-hydrogen) atoms. The van der Waals surface area contributed by atoms with Gasteiger partial charge in [-0.15, -0.1) is 0 Å². The molecule has 0 radical (unpaired) electrons. The van der Waals surface area contributed by atoms with Crippen LogP contribution in [0.4, 0.5) is 5.69 Å². The SMILES string of the molecule is COc1ccc(C2=C[C@H](c3ccc(Br)cc3)N(CN3C(=O)C(=O)c4cc(Br)ccc43)N2)cc1. The van der Waals surface area contributed by atoms with Gasteiger partial charge in [0.25, 0.3) is 5.78 Å². The maximum atomic E-state index is 12.8. The maximum absolute atomic E-state index is 12.8. The van der Waals surface area contributed by atoms with Crippen molar-refractivity contribution in [3.8, 4) is 5.75 Å². The number of nitrogens with one attached hydrogen (secondary N) is 1. The zero-order chi connectivity index (χ0) is 23.1. The summed E-state index contributed by atoms with van der Waals surface area (Å²) in [5.41, 5.74) is 7.44. The summed E-state index contributed by atoms with van der Waals surface area (Å²) in [6.07, 6.45) is 2.12. The summed E-state index contributed by atoms with van der Waals surface area (Å²) < 4.78 is 7.03. The van der Waals surface area contributed by atoms with E-state index in [0.29, 0.717) is 11.3 Å². The molecule has 0 aromatic heterocycles. The molecule has 0 saturated carbocycles. The summed E-state index contributed by atoms with van der Waals surface area (Å²) in [6.45, 7) is 0.204. The molecule has 0 aliphatic carbocycles. The molecule has 3 aromatic carbocycles. The van der Waals surface area contributed by atoms with Crippen molar-refractivity contribution in [2.45, 2.75) is 6.04 Å². The van der Waals surface area contributed by atoms with E-state index in [0.717, 1.165) is 31.5 Å². The number of carbonyl (C=O) groups excluding carboxylic acids is 2. The number of benzene rings is 3. The number of ketones is 1. The number of ether oxygens (including phenoxy) is 1. The van der Waals surface area contributed by atoms with Gasteiger partial charge in [-0.1, -0.05) is 44.0 Å². The number of halogens is 2. The molecule has 1 amide bonds. The molecule has 0 fully saturated rings. The Morgan fingerprint density at radius 2 is 1.64 bits per heavy atom. The van der Waals surface area contributed by atoms with Crippen molar-refractivity contribution >= 4 is 54.9 Å². The van der Waals surface area contributed by atoms with Crippen molar-refractivity contribution in [3.05, 3.63) is 98.4 Å². The lowest BCUT2D eigenvalue weighted by atomic mass is 10.0. The maximum Gasteiger partial charge on any atom is 0.300 e. The molecule has 0 spiro atoms. The highest BCUT2D eigenvalue weighted by atomic mass is 79.9. The number of fused-ring (bicyclic) bond motifs is 1. The number of Topliss-reactive ketones (excluding diaryl/α,β-unsaturated/α-hetero) is 1. The number of hydrazine groups is 1. The fraction of sp³-hybridized carbons (Fsp3) is 0.120. The van der Waals surface area contributed by atoms with E-state index in [1.807, 2.05) is 59.6 Å². The van der Waals surface area contributed by atoms with Crippen LogP contribution >= 0.6 is 31.9 Å². The monoisotopic (exact) mass is 567 g/mol. The van der Waals surface area contributed by atoms with E-state index in [2.05, 4.69) is 43.4 Å². The van der Waals surface area contributed by atoms with Crippen LogP contribution in [0.15, 0.2) is 81.8 Å². The van der Waals surface area contributed by atoms with Gasteiger partial charge >= 0.3 is 5.91 Å². The van der Waals surface area contributed by atoms with Crippen molar-refractivity contribution in [3.63, 3.8) is 0 Å². The van der Waals surface area contributed by atoms with E-state index >= 15 is 0 Å². The molecule has 2 heterocycles. The Balaban J connectivity index is 1.48. The largest absolute Gasteiger partial charge is 0.497 e. The number of anilines is 1. The molecule has 2 aliphatic heterocycles. The fourth-order valence-corrected chi connectivity index (χ4v) is 4.69. The zero-order valence-electron chi connectivity index (χ0n) is 17.6. The molecule has 1 N–H and O–H groups in total. The minimum absolute atomic E-state index is 0.141. The van der Waals surface area contributed by atoms with Gasteiger partial charge in [0.15, 0.2) is 0 Å². The van der Waals surface area contributed by atoms with E-state index in [1.165, 1.54) is 4.90 Å². The lowest BCUT2D eigenvalue weighted by molar-refractivity contribution is -0.114. The summed E-state index contributed by atoms with van der Waals surface area (Å²) in [7, 11) is 1.64. The molecule has 0 saturated heterocycles. The average molecular weight is 569 g/mol. The first kappa shape index (κ1) is 21.9. The summed E-state index contributed by atoms with van der Waals surface area (Å²) in [5, 5.41) is 1.96. The van der Waals surface area contributed by atoms with Gasteiger partial charge in [-0.05, 0) is 71.8 Å². The second-order valence-corrected chi connectivity index (χ2v) is 9.58. The first-order valence-electron chi connectivity index (χ1n) is 10.3. The minimum Gasteiger partial charge on any atom is -0.497 e. The van der Waals surface area contributed by atoms with Crippen molar-refractivity contribution < 1.29 is 14.3 Å². The van der Waals surface area contributed by atoms with Crippen LogP contribution in [-0.4, -0.2) is 30.5 Å². The standard InChI is InChI=1S/C25H19Br2N3O3/c1-33-19-9-4-15(5-10-19)21-13-23(16-2-6-17(26)7-3-16)30(28-21)14-29-22-11-8-18(27)12-20(22)24(31)25(29)32/h2-13,23,28H,14H2,1H3/t23-/m1/s1. The van der Waals surface area contributed by atoms with E-state index in [4.69, 9.17) is 4.74 Å². The number of rotatable bonds is 5. The van der Waals surface area contributed by atoms with Gasteiger partial charge in [0, 0.05) is 8.95 Å². The Morgan fingerprint density at radius 1 is 0.939 bits per heavy atom. The molecule has 6 nitrogen and oxygen atoms in total. The van der Waals surface area contributed by atoms with Gasteiger partial charge in [-0.3, -0.25) is 14.5 Å². The molecule has 8 heteroatoms. The Labute approximate surface area is 208 Å². The molecular formula is C25H19Br2N3O3. The summed E-state index contributed by atoms with van der Waals surface area (Å²) in [5.74, 6) is -0.242. The van der Waals surface area contributed by atoms with Crippen LogP contribution in [0, 0.1) is 0 Å². The Bertz CT molecular complexity index is 1270. The molecule has 5 rings (SSSR count). The lowest BCUT2D eigenvalue weighted by Gasteiger charge is -2.30. The highest BCUT2D eigenvalue weighted by molar-refractivity contribution is 9.10. The normalized spacial score (nSPS) is 17.7. The number of carbonyl (C=O) groups is 2. The third-order valence-electron chi connectivity index (χ3n) is 5.76. The topological polar surface area (TPSA) is 61.9 Å². The zero-order valence-corrected chi connectivity index (χ0v) is 20.8. The second kappa shape index (κ2) is 8.78. The fourth-order valence-electron chi connectivity index (χ4n) is 4.07. The van der Waals surface area contributed by atoms with Crippen molar-refractivity contribution in [2.24, 2.45) is 0 Å². The molecular weight excluding hydrogens is 550 g/mol. The molecule has 1 atom stereocenters. The van der Waals surface area contributed by atoms with Gasteiger partial charge in [-0.2, -0.15) is 5.01 Å². The van der Waals surface area contributed by atoms with Gasteiger partial charge in [-0.25, -0.2) is 0 Å². The van der Waals surface area contributed by atoms with Crippen LogP contribution in [-0.2, 0) is 4.79 Å². The highest BCUT2D eigenvalue weighted by Crippen LogP contribution is 2.36. The van der Waals surface area contributed by atoms with E-state index in [1.54, 1.807) is 19.2 Å². The Hall–Kier alpha value is -2.94. The third-order valence-corrected chi connectivity index (χ3v) is 6.79. The van der Waals surface area contributed by atoms with E-state index in [-0.39, 0.29) is 12.7 Å². The Morgan fingerprint density at radius 3 is 2.33 bits per heavy atom. The van der Waals surface area contributed by atoms with Crippen molar-refractivity contribution in [2.75, 3.05) is 18.7 Å². The van der Waals surface area contributed by atoms with Gasteiger partial charge in [0.2, 0.25) is 0 Å². The summed E-state index contributed by atoms with van der Waals surface area (Å²) >= 11 is 6.87. The number of amides is 1. The smallest absolute Gasteiger partial charge is 0.300 e. The molecule has 0 bridgehead atoms. The van der Waals surface area contributed by atoms with Gasteiger partial charge in [0.1, 0.15) is 5.75 Å². The molecule has 0 unspecified atom stereocenters. The third kappa shape index (κ3) is 4.10. The number of hydrogen-bond donors (Lipinski definition) is 1. The minimum atomic E-state index is -0.530. The quantitative estimate of drug-likeness (QED) is 0.423. The number of methoxy groups -OCH3 is 1. The van der Waals surface area contributed by atoms with Crippen LogP contribution in [0.25, 0.3) is 5.70 Å². The average Bonchev–Trinajstić information content (AvgIpc) is 3.35. The first-order chi connectivity index (χ1) is 15.9. The summed E-state index contributed by atoms with van der Waals surface area (Å²) in [6, 6.07) is 21.0. The first-order valence-corrected chi connectivity index (χ1v) is 11.8. The predicted molar refractivity (Wildman–Crippen MR) is 134 cm³/mol. The molecule has 2 aliphatic rings. The van der Waals surface area contributed by atoms with Crippen LogP contribution in [0.1, 0.15) is 27.5 Å². The van der Waals surface area contributed by atoms with Crippen LogP contribution in [0.3, 0.4) is 0 Å².